The number of nitrogens with zero attached hydrogens (tertiary/aromatic N) is 1. The second kappa shape index (κ2) is 15.0. The maximum absolute atomic E-state index is 2.51. The molecule has 0 atom stereocenters. The molecule has 0 aromatic heterocycles. The van der Waals surface area contributed by atoms with E-state index >= 15 is 0 Å². The lowest BCUT2D eigenvalue weighted by Gasteiger charge is -2.31. The van der Waals surface area contributed by atoms with Gasteiger partial charge in [-0.05, 0) is 132 Å². The summed E-state index contributed by atoms with van der Waals surface area (Å²) >= 11 is 0. The topological polar surface area (TPSA) is 3.24 Å². The van der Waals surface area contributed by atoms with Crippen LogP contribution in [-0.4, -0.2) is 0 Å². The predicted octanol–water partition coefficient (Wildman–Crippen LogP) is 16.7. The van der Waals surface area contributed by atoms with Crippen molar-refractivity contribution in [3.8, 4) is 55.6 Å². The van der Waals surface area contributed by atoms with E-state index in [9.17, 15) is 0 Å². The van der Waals surface area contributed by atoms with Gasteiger partial charge in [0, 0.05) is 22.4 Å². The van der Waals surface area contributed by atoms with E-state index in [1.165, 1.54) is 88.7 Å². The molecule has 9 aromatic rings. The lowest BCUT2D eigenvalue weighted by atomic mass is 9.82. The van der Waals surface area contributed by atoms with Crippen LogP contribution < -0.4 is 4.90 Å². The van der Waals surface area contributed by atoms with Crippen LogP contribution in [0.25, 0.3) is 66.4 Å². The van der Waals surface area contributed by atoms with Crippen molar-refractivity contribution < 1.29 is 0 Å². The molecular weight excluding hydrogens is 723 g/mol. The van der Waals surface area contributed by atoms with Crippen LogP contribution >= 0.6 is 0 Å². The Hall–Kier alpha value is -6.96. The molecular formula is C59H49N. The molecule has 1 aliphatic rings. The highest BCUT2D eigenvalue weighted by Crippen LogP contribution is 2.53. The fraction of sp³-hybridized carbons (Fsp3) is 0.119. The standard InChI is InChI=1S/C59H49N/c1-39(2)48-25-14-15-26-51(48)53-36-44-23-12-13-24-45(44)37-56(53)60(47-34-35-52-55(38-47)59(4,5)54-29-16-18-40(3)57(52)54)46-32-30-43(31-33-46)58-49(41-19-8-6-9-20-41)27-17-28-50(58)42-21-10-7-11-22-42/h6-39H,1-5H3. The molecule has 1 aliphatic carbocycles. The van der Waals surface area contributed by atoms with E-state index in [0.717, 1.165) is 17.1 Å². The number of fused-ring (bicyclic) bond motifs is 4. The first kappa shape index (κ1) is 37.3. The summed E-state index contributed by atoms with van der Waals surface area (Å²) < 4.78 is 0. The number of hydrogen-bond acceptors (Lipinski definition) is 1. The Morgan fingerprint density at radius 1 is 0.400 bits per heavy atom. The van der Waals surface area contributed by atoms with E-state index in [4.69, 9.17) is 0 Å². The van der Waals surface area contributed by atoms with E-state index < -0.39 is 0 Å². The van der Waals surface area contributed by atoms with Crippen molar-refractivity contribution in [2.75, 3.05) is 4.90 Å². The van der Waals surface area contributed by atoms with Crippen molar-refractivity contribution in [2.45, 2.75) is 46.0 Å². The van der Waals surface area contributed by atoms with Crippen molar-refractivity contribution in [2.24, 2.45) is 0 Å². The van der Waals surface area contributed by atoms with Crippen LogP contribution in [0.3, 0.4) is 0 Å². The first-order valence-corrected chi connectivity index (χ1v) is 21.3. The van der Waals surface area contributed by atoms with Gasteiger partial charge in [0.2, 0.25) is 0 Å². The van der Waals surface area contributed by atoms with Crippen molar-refractivity contribution >= 4 is 27.8 Å². The minimum atomic E-state index is -0.145. The van der Waals surface area contributed by atoms with Crippen molar-refractivity contribution in [3.05, 3.63) is 222 Å². The first-order chi connectivity index (χ1) is 29.3. The van der Waals surface area contributed by atoms with Gasteiger partial charge in [-0.25, -0.2) is 0 Å². The molecule has 0 aliphatic heterocycles. The van der Waals surface area contributed by atoms with E-state index in [-0.39, 0.29) is 5.41 Å². The summed E-state index contributed by atoms with van der Waals surface area (Å²) in [5, 5.41) is 2.45. The molecule has 0 N–H and O–H groups in total. The predicted molar refractivity (Wildman–Crippen MR) is 257 cm³/mol. The van der Waals surface area contributed by atoms with Crippen LogP contribution in [0.2, 0.25) is 0 Å². The second-order valence-corrected chi connectivity index (χ2v) is 17.2. The molecule has 0 bridgehead atoms. The zero-order valence-electron chi connectivity index (χ0n) is 35.1. The van der Waals surface area contributed by atoms with Crippen molar-refractivity contribution in [3.63, 3.8) is 0 Å². The van der Waals surface area contributed by atoms with Crippen LogP contribution in [0, 0.1) is 6.92 Å². The summed E-state index contributed by atoms with van der Waals surface area (Å²) in [4.78, 5) is 2.51. The van der Waals surface area contributed by atoms with Gasteiger partial charge in [-0.3, -0.25) is 0 Å². The average Bonchev–Trinajstić information content (AvgIpc) is 3.52. The zero-order chi connectivity index (χ0) is 41.0. The number of rotatable bonds is 8. The van der Waals surface area contributed by atoms with E-state index in [0.29, 0.717) is 5.92 Å². The molecule has 0 saturated carbocycles. The molecule has 0 spiro atoms. The third-order valence-corrected chi connectivity index (χ3v) is 12.8. The lowest BCUT2D eigenvalue weighted by Crippen LogP contribution is -2.17. The van der Waals surface area contributed by atoms with Gasteiger partial charge in [0.15, 0.2) is 0 Å². The summed E-state index contributed by atoms with van der Waals surface area (Å²) in [6, 6.07) is 74.1. The van der Waals surface area contributed by atoms with Gasteiger partial charge < -0.3 is 4.90 Å². The molecule has 9 aromatic carbocycles. The average molecular weight is 772 g/mol. The van der Waals surface area contributed by atoms with Crippen LogP contribution in [0.5, 0.6) is 0 Å². The lowest BCUT2D eigenvalue weighted by molar-refractivity contribution is 0.660. The van der Waals surface area contributed by atoms with E-state index in [1.54, 1.807) is 0 Å². The highest BCUT2D eigenvalue weighted by Gasteiger charge is 2.37. The fourth-order valence-electron chi connectivity index (χ4n) is 9.76. The molecule has 0 fully saturated rings. The van der Waals surface area contributed by atoms with Gasteiger partial charge in [-0.1, -0.05) is 191 Å². The Bertz CT molecular complexity index is 2970. The molecule has 0 saturated heterocycles. The van der Waals surface area contributed by atoms with Crippen molar-refractivity contribution in [1.29, 1.82) is 0 Å². The number of hydrogen-bond donors (Lipinski definition) is 0. The van der Waals surface area contributed by atoms with Gasteiger partial charge in [0.05, 0.1) is 5.69 Å². The Morgan fingerprint density at radius 3 is 1.63 bits per heavy atom. The Morgan fingerprint density at radius 2 is 0.967 bits per heavy atom. The maximum Gasteiger partial charge on any atom is 0.0546 e. The van der Waals surface area contributed by atoms with Crippen LogP contribution in [0.1, 0.15) is 55.9 Å². The normalized spacial score (nSPS) is 12.7. The summed E-state index contributed by atoms with van der Waals surface area (Å²) in [5.41, 5.74) is 21.2. The van der Waals surface area contributed by atoms with E-state index in [2.05, 4.69) is 240 Å². The fourth-order valence-corrected chi connectivity index (χ4v) is 9.76. The Kier molecular flexibility index (Phi) is 9.34. The van der Waals surface area contributed by atoms with Gasteiger partial charge in [0.25, 0.3) is 0 Å². The SMILES string of the molecule is Cc1cccc2c1-c1ccc(N(c3ccc(-c4c(-c5ccccc5)cccc4-c4ccccc4)cc3)c3cc4ccccc4cc3-c3ccccc3C(C)C)cc1C2(C)C. The molecule has 1 heteroatoms. The molecule has 0 heterocycles. The van der Waals surface area contributed by atoms with Gasteiger partial charge in [0.1, 0.15) is 0 Å². The summed E-state index contributed by atoms with van der Waals surface area (Å²) in [6.45, 7) is 11.6. The number of aryl methyl sites for hydroxylation is 1. The molecule has 0 unspecified atom stereocenters. The molecule has 10 rings (SSSR count). The van der Waals surface area contributed by atoms with Crippen LogP contribution in [0.4, 0.5) is 17.1 Å². The van der Waals surface area contributed by atoms with Gasteiger partial charge in [-0.2, -0.15) is 0 Å². The molecule has 1 nitrogen and oxygen atoms in total. The van der Waals surface area contributed by atoms with Crippen LogP contribution in [0.15, 0.2) is 200 Å². The van der Waals surface area contributed by atoms with Crippen LogP contribution in [-0.2, 0) is 5.41 Å². The quantitative estimate of drug-likeness (QED) is 0.149. The molecule has 60 heavy (non-hydrogen) atoms. The second-order valence-electron chi connectivity index (χ2n) is 17.2. The highest BCUT2D eigenvalue weighted by atomic mass is 15.1. The largest absolute Gasteiger partial charge is 0.310 e. The monoisotopic (exact) mass is 771 g/mol. The third kappa shape index (κ3) is 6.33. The van der Waals surface area contributed by atoms with Crippen molar-refractivity contribution in [1.82, 2.24) is 0 Å². The zero-order valence-corrected chi connectivity index (χ0v) is 35.1. The highest BCUT2D eigenvalue weighted by molar-refractivity contribution is 6.00. The smallest absolute Gasteiger partial charge is 0.0546 e. The van der Waals surface area contributed by atoms with Gasteiger partial charge >= 0.3 is 0 Å². The molecule has 290 valence electrons. The first-order valence-electron chi connectivity index (χ1n) is 21.3. The van der Waals surface area contributed by atoms with Gasteiger partial charge in [-0.15, -0.1) is 0 Å². The summed E-state index contributed by atoms with van der Waals surface area (Å²) in [7, 11) is 0. The number of benzene rings is 9. The minimum Gasteiger partial charge on any atom is -0.310 e. The summed E-state index contributed by atoms with van der Waals surface area (Å²) in [6.07, 6.45) is 0. The maximum atomic E-state index is 2.51. The van der Waals surface area contributed by atoms with E-state index in [1.807, 2.05) is 0 Å². The Balaban J connectivity index is 1.22. The molecule has 0 radical (unpaired) electrons. The third-order valence-electron chi connectivity index (χ3n) is 12.8. The minimum absolute atomic E-state index is 0.145. The molecule has 0 amide bonds. The number of anilines is 3. The Labute approximate surface area is 355 Å². The summed E-state index contributed by atoms with van der Waals surface area (Å²) in [5.74, 6) is 0.360.